The summed E-state index contributed by atoms with van der Waals surface area (Å²) in [5.41, 5.74) is 0.528. The number of rotatable bonds is 2. The van der Waals surface area contributed by atoms with Crippen molar-refractivity contribution in [2.45, 2.75) is 105 Å². The number of hydrogen-bond donors (Lipinski definition) is 1. The first kappa shape index (κ1) is 26.7. The van der Waals surface area contributed by atoms with Crippen molar-refractivity contribution in [2.75, 3.05) is 0 Å². The van der Waals surface area contributed by atoms with Crippen LogP contribution in [0.5, 0.6) is 0 Å². The van der Waals surface area contributed by atoms with Crippen LogP contribution in [0.25, 0.3) is 4.85 Å². The fourth-order valence-corrected chi connectivity index (χ4v) is 10.4. The number of ketones is 1. The first-order valence-electron chi connectivity index (χ1n) is 14.7. The molecule has 39 heavy (non-hydrogen) atoms. The van der Waals surface area contributed by atoms with Crippen molar-refractivity contribution in [3.63, 3.8) is 0 Å². The molecule has 8 atom stereocenters. The molecule has 210 valence electrons. The third-order valence-electron chi connectivity index (χ3n) is 12.8. The van der Waals surface area contributed by atoms with Crippen molar-refractivity contribution in [3.05, 3.63) is 46.2 Å². The van der Waals surface area contributed by atoms with E-state index in [0.29, 0.717) is 17.9 Å². The highest BCUT2D eigenvalue weighted by Crippen LogP contribution is 2.74. The van der Waals surface area contributed by atoms with E-state index in [0.717, 1.165) is 44.9 Å². The van der Waals surface area contributed by atoms with E-state index in [1.807, 2.05) is 13.0 Å². The SMILES string of the molecule is [C-]#[N+]C1=C(O)[C@@H](C)[C@@H]2CC[C@]3(C)C(=CC(=O)[C@@H]4[C@@H]5CC(C)(C)CC[C@]5(c5noc(CF)n5)CC[C@]43C)[C@@]2(C)C1. The lowest BCUT2D eigenvalue weighted by atomic mass is 9.34. The number of aliphatic hydroxyl groups is 1. The Balaban J connectivity index is 1.50. The summed E-state index contributed by atoms with van der Waals surface area (Å²) in [5, 5.41) is 15.1. The Bertz CT molecular complexity index is 1340. The summed E-state index contributed by atoms with van der Waals surface area (Å²) < 4.78 is 18.7. The summed E-state index contributed by atoms with van der Waals surface area (Å²) in [6, 6.07) is 0. The second-order valence-electron chi connectivity index (χ2n) is 14.9. The molecule has 0 bridgehead atoms. The fraction of sp³-hybridized carbons (Fsp3) is 0.750. The van der Waals surface area contributed by atoms with Crippen LogP contribution >= 0.6 is 0 Å². The lowest BCUT2D eigenvalue weighted by Crippen LogP contribution is -2.65. The Hall–Kier alpha value is -2.49. The average molecular weight is 536 g/mol. The summed E-state index contributed by atoms with van der Waals surface area (Å²) >= 11 is 0. The van der Waals surface area contributed by atoms with Gasteiger partial charge in [-0.2, -0.15) is 4.98 Å². The molecule has 6 nitrogen and oxygen atoms in total. The lowest BCUT2D eigenvalue weighted by molar-refractivity contribution is -0.159. The largest absolute Gasteiger partial charge is 0.523 e. The van der Waals surface area contributed by atoms with Gasteiger partial charge in [-0.25, -0.2) is 9.24 Å². The minimum Gasteiger partial charge on any atom is -0.523 e. The third kappa shape index (κ3) is 3.33. The average Bonchev–Trinajstić information content (AvgIpc) is 3.37. The van der Waals surface area contributed by atoms with Gasteiger partial charge in [0, 0.05) is 17.3 Å². The molecule has 0 saturated heterocycles. The maximum Gasteiger partial charge on any atom is 0.258 e. The van der Waals surface area contributed by atoms with Crippen LogP contribution in [0.1, 0.15) is 105 Å². The zero-order chi connectivity index (χ0) is 28.2. The Morgan fingerprint density at radius 3 is 2.51 bits per heavy atom. The first-order valence-corrected chi connectivity index (χ1v) is 14.7. The second kappa shape index (κ2) is 8.27. The van der Waals surface area contributed by atoms with Gasteiger partial charge in [0.1, 0.15) is 0 Å². The van der Waals surface area contributed by atoms with Gasteiger partial charge in [0.25, 0.3) is 5.89 Å². The Kier molecular flexibility index (Phi) is 5.67. The fourth-order valence-electron chi connectivity index (χ4n) is 10.4. The quantitative estimate of drug-likeness (QED) is 0.393. The molecule has 0 spiro atoms. The number of carbonyl (C=O) groups excluding carboxylic acids is 1. The van der Waals surface area contributed by atoms with Crippen LogP contribution in [0.2, 0.25) is 0 Å². The van der Waals surface area contributed by atoms with Gasteiger partial charge < -0.3 is 9.63 Å². The summed E-state index contributed by atoms with van der Waals surface area (Å²) in [7, 11) is 0. The van der Waals surface area contributed by atoms with Crippen LogP contribution in [0, 0.1) is 51.9 Å². The number of hydrogen-bond acceptors (Lipinski definition) is 5. The molecule has 1 aromatic heterocycles. The van der Waals surface area contributed by atoms with Gasteiger partial charge in [-0.05, 0) is 90.9 Å². The number of alkyl halides is 1. The normalized spacial score (nSPS) is 44.9. The van der Waals surface area contributed by atoms with Crippen molar-refractivity contribution >= 4 is 5.78 Å². The lowest BCUT2D eigenvalue weighted by Gasteiger charge is -2.68. The number of aromatic nitrogens is 2. The maximum absolute atomic E-state index is 14.5. The molecule has 0 radical (unpaired) electrons. The van der Waals surface area contributed by atoms with Gasteiger partial charge in [0.05, 0.1) is 12.3 Å². The first-order chi connectivity index (χ1) is 18.3. The minimum absolute atomic E-state index is 0.0185. The Labute approximate surface area is 231 Å². The molecular formula is C32H42FN3O3. The van der Waals surface area contributed by atoms with E-state index in [-0.39, 0.29) is 68.2 Å². The maximum atomic E-state index is 14.5. The molecule has 0 aliphatic heterocycles. The summed E-state index contributed by atoms with van der Waals surface area (Å²) in [4.78, 5) is 22.8. The monoisotopic (exact) mass is 535 g/mol. The van der Waals surface area contributed by atoms with Crippen LogP contribution in [-0.2, 0) is 16.9 Å². The molecule has 3 saturated carbocycles. The van der Waals surface area contributed by atoms with Crippen molar-refractivity contribution in [1.29, 1.82) is 0 Å². The zero-order valence-corrected chi connectivity index (χ0v) is 24.2. The van der Waals surface area contributed by atoms with E-state index in [1.165, 1.54) is 5.57 Å². The van der Waals surface area contributed by atoms with Crippen molar-refractivity contribution in [2.24, 2.45) is 45.3 Å². The molecule has 0 amide bonds. The smallest absolute Gasteiger partial charge is 0.258 e. The number of allylic oxidation sites excluding steroid dienone is 4. The van der Waals surface area contributed by atoms with E-state index in [2.05, 4.69) is 49.6 Å². The minimum atomic E-state index is -0.780. The van der Waals surface area contributed by atoms with Crippen LogP contribution in [0.15, 0.2) is 27.6 Å². The van der Waals surface area contributed by atoms with Crippen molar-refractivity contribution < 1.29 is 18.8 Å². The second-order valence-corrected chi connectivity index (χ2v) is 14.9. The summed E-state index contributed by atoms with van der Waals surface area (Å²) in [5.74, 6) is 0.994. The van der Waals surface area contributed by atoms with Crippen molar-refractivity contribution in [1.82, 2.24) is 10.1 Å². The predicted octanol–water partition coefficient (Wildman–Crippen LogP) is 7.68. The van der Waals surface area contributed by atoms with E-state index >= 15 is 0 Å². The molecule has 1 aromatic rings. The van der Waals surface area contributed by atoms with Crippen molar-refractivity contribution in [3.8, 4) is 0 Å². The summed E-state index contributed by atoms with van der Waals surface area (Å²) in [6.07, 6.45) is 8.87. The molecule has 5 aliphatic carbocycles. The number of fused-ring (bicyclic) bond motifs is 7. The van der Waals surface area contributed by atoms with Gasteiger partial charge in [-0.3, -0.25) is 4.79 Å². The molecule has 6 rings (SSSR count). The highest BCUT2D eigenvalue weighted by atomic mass is 19.1. The topological polar surface area (TPSA) is 80.6 Å². The zero-order valence-electron chi connectivity index (χ0n) is 24.2. The van der Waals surface area contributed by atoms with Crippen LogP contribution < -0.4 is 0 Å². The van der Waals surface area contributed by atoms with E-state index in [4.69, 9.17) is 11.1 Å². The Morgan fingerprint density at radius 2 is 1.85 bits per heavy atom. The van der Waals surface area contributed by atoms with Gasteiger partial charge in [0.2, 0.25) is 5.70 Å². The molecule has 0 unspecified atom stereocenters. The van der Waals surface area contributed by atoms with E-state index in [1.54, 1.807) is 0 Å². The highest BCUT2D eigenvalue weighted by Gasteiger charge is 2.69. The summed E-state index contributed by atoms with van der Waals surface area (Å²) in [6.45, 7) is 20.6. The number of carbonyl (C=O) groups is 1. The Morgan fingerprint density at radius 1 is 1.13 bits per heavy atom. The van der Waals surface area contributed by atoms with Crippen LogP contribution in [0.3, 0.4) is 0 Å². The van der Waals surface area contributed by atoms with Gasteiger partial charge in [-0.15, -0.1) is 0 Å². The molecule has 1 N–H and O–H groups in total. The highest BCUT2D eigenvalue weighted by molar-refractivity contribution is 5.95. The number of halogens is 1. The number of nitrogens with zero attached hydrogens (tertiary/aromatic N) is 3. The van der Waals surface area contributed by atoms with E-state index in [9.17, 15) is 14.3 Å². The number of aliphatic hydroxyl groups excluding tert-OH is 1. The standard InChI is InChI=1S/C32H42FN3O3/c1-18-19-8-9-30(5)23(29(19,4)16-21(34-7)26(18)38)14-22(37)25-20-15-28(2,3)10-12-32(20,13-11-31(25,30)6)27-35-24(17-33)39-36-27/h14,18-20,25,38H,8-13,15-17H2,1-6H3/t18-,19-,20-,25-,29-,30+,31+,32-/m0/s1. The van der Waals surface area contributed by atoms with Crippen LogP contribution in [-0.4, -0.2) is 21.0 Å². The molecule has 3 fully saturated rings. The third-order valence-corrected chi connectivity index (χ3v) is 12.8. The molecule has 5 aliphatic rings. The molecular weight excluding hydrogens is 493 g/mol. The van der Waals surface area contributed by atoms with Gasteiger partial charge >= 0.3 is 0 Å². The van der Waals surface area contributed by atoms with E-state index < -0.39 is 6.67 Å². The van der Waals surface area contributed by atoms with Crippen LogP contribution in [0.4, 0.5) is 4.39 Å². The van der Waals surface area contributed by atoms with Gasteiger partial charge in [-0.1, -0.05) is 52.3 Å². The molecule has 1 heterocycles. The molecule has 0 aromatic carbocycles. The molecule has 7 heteroatoms. The predicted molar refractivity (Wildman–Crippen MR) is 145 cm³/mol. The van der Waals surface area contributed by atoms with Gasteiger partial charge in [0.15, 0.2) is 18.3 Å².